The van der Waals surface area contributed by atoms with Crippen molar-refractivity contribution >= 4 is 205 Å². The highest BCUT2D eigenvalue weighted by Gasteiger charge is 2.51. The van der Waals surface area contributed by atoms with Gasteiger partial charge in [0, 0.05) is 135 Å². The van der Waals surface area contributed by atoms with Crippen LogP contribution in [-0.2, 0) is 0 Å². The first-order valence-corrected chi connectivity index (χ1v) is 46.0. The second-order valence-corrected chi connectivity index (χ2v) is 35.5. The first-order valence-electron chi connectivity index (χ1n) is 46.0. The molecule has 8 aliphatic rings. The normalized spacial score (nSPS) is 13.5. The molecule has 0 saturated carbocycles. The minimum atomic E-state index is -0.290. The Morgan fingerprint density at radius 1 is 0.204 bits per heavy atom. The van der Waals surface area contributed by atoms with Crippen LogP contribution in [-0.4, -0.2) is 52.7 Å². The summed E-state index contributed by atoms with van der Waals surface area (Å²) in [5.41, 5.74) is 36.0. The largest absolute Gasteiger partial charge is 0.536 e. The first kappa shape index (κ1) is 75.4. The van der Waals surface area contributed by atoms with Crippen LogP contribution in [0.3, 0.4) is 0 Å². The molecule has 16 aromatic carbocycles. The number of rotatable bonds is 3. The van der Waals surface area contributed by atoms with Crippen molar-refractivity contribution in [2.24, 2.45) is 0 Å². The van der Waals surface area contributed by atoms with Crippen molar-refractivity contribution in [2.75, 3.05) is 19.2 Å². The molecular formula is C116H67B4N9O8. The molecule has 0 N–H and O–H groups in total. The minimum absolute atomic E-state index is 0.194. The van der Waals surface area contributed by atoms with Gasteiger partial charge in [-0.05, 0) is 155 Å². The van der Waals surface area contributed by atoms with Gasteiger partial charge in [-0.15, -0.1) is 0 Å². The molecule has 0 atom stereocenters. The lowest BCUT2D eigenvalue weighted by molar-refractivity contribution is 0.599. The van der Waals surface area contributed by atoms with Gasteiger partial charge in [-0.2, -0.15) is 0 Å². The Morgan fingerprint density at radius 2 is 0.562 bits per heavy atom. The van der Waals surface area contributed by atoms with E-state index in [9.17, 15) is 0 Å². The molecule has 0 bridgehead atoms. The average Bonchev–Trinajstić information content (AvgIpc) is 1.56. The quantitative estimate of drug-likeness (QED) is 0.154. The van der Waals surface area contributed by atoms with Crippen LogP contribution in [0.4, 0.5) is 45.5 Å². The standard InChI is InChI=1S/C35H20BN3O2.2C29H17BN2O2.C23H13BN2O2/c1-4-11-28-22(8-1)23-9-2-5-12-29(23)38(28)21-15-16-27-26(18-21)35-30(13-7-17-37-35)39-31-19-25-24-10-3-6-14-32(24)40-33(25)20-34(31)41-36(27)39;1-3-13-23-22(9-1)27-24(15-7-17-31-27)32-25-14-6-12-21(29(25)34-30(23)32)20-11-5-10-19-18-8-2-4-16-26(18)33-28(19)20;1-3-11-23-22(8-1)28-24(12-6-16-31-28)32-25-17-18(14-15-27(25)34-30(23)32)19-9-5-10-21-20-7-2-4-13-26(20)33-29(19)21;1-3-8-17-15(7-1)23-18(9-5-11-25-23)26-19-12-16-14-6-2-4-10-20(14)27-21(16)13-22(19)28-24(17)26/h1-20H;2*1-17H;1-13H. The van der Waals surface area contributed by atoms with E-state index in [1.54, 1.807) is 0 Å². The number of anilines is 8. The summed E-state index contributed by atoms with van der Waals surface area (Å²) in [5, 5.41) is 11.4. The number of benzene rings is 16. The lowest BCUT2D eigenvalue weighted by Gasteiger charge is -2.30. The second-order valence-electron chi connectivity index (χ2n) is 35.5. The lowest BCUT2D eigenvalue weighted by atomic mass is 9.65. The van der Waals surface area contributed by atoms with Crippen LogP contribution in [0, 0.1) is 0 Å². The Balaban J connectivity index is 0.0000000872. The number of nitrogens with zero attached hydrogens (tertiary/aromatic N) is 9. The van der Waals surface area contributed by atoms with Crippen LogP contribution in [0.25, 0.3) is 183 Å². The number of aromatic nitrogens is 5. The highest BCUT2D eigenvalue weighted by Crippen LogP contribution is 2.56. The highest BCUT2D eigenvalue weighted by molar-refractivity contribution is 6.79. The van der Waals surface area contributed by atoms with Gasteiger partial charge in [0.25, 0.3) is 0 Å². The Kier molecular flexibility index (Phi) is 16.0. The van der Waals surface area contributed by atoms with E-state index >= 15 is 0 Å². The summed E-state index contributed by atoms with van der Waals surface area (Å²) < 4.78 is 53.6. The van der Waals surface area contributed by atoms with E-state index in [0.29, 0.717) is 0 Å². The topological polar surface area (TPSA) is 159 Å². The summed E-state index contributed by atoms with van der Waals surface area (Å²) in [7, 11) is -0.929. The zero-order valence-corrected chi connectivity index (χ0v) is 72.8. The van der Waals surface area contributed by atoms with Gasteiger partial charge in [0.15, 0.2) is 0 Å². The number of pyridine rings is 4. The van der Waals surface area contributed by atoms with E-state index in [0.717, 1.165) is 251 Å². The molecule has 21 heteroatoms. The van der Waals surface area contributed by atoms with Crippen molar-refractivity contribution in [1.82, 2.24) is 24.5 Å². The molecule has 0 spiro atoms. The SMILES string of the molecule is c1ccc2c(c1)B1Oc3c(-c4cccc5c4oc4ccccc45)cccc3N1c1cccnc1-2.c1ccc2c(c1)B1Oc3cc4oc5ccccc5c4cc3N1c1cccnc1-2.c1ccc2c(c1)B1Oc3ccc(-c4cccc5c4oc4ccccc45)cc3N1c1cccnc1-2.c1cnc2c(c1)N1B(Oc3cc4oc5ccccc5c4cc31)c1ccc(-n3c4ccccc4c4ccccc43)cc1-2. The molecule has 9 aromatic heterocycles. The van der Waals surface area contributed by atoms with Gasteiger partial charge in [-0.3, -0.25) is 19.9 Å². The summed E-state index contributed by atoms with van der Waals surface area (Å²) in [6.07, 6.45) is 7.43. The Morgan fingerprint density at radius 3 is 1.07 bits per heavy atom. The summed E-state index contributed by atoms with van der Waals surface area (Å²) in [6.45, 7) is 0. The average molecular weight is 1760 g/mol. The first-order chi connectivity index (χ1) is 68.0. The van der Waals surface area contributed by atoms with Crippen LogP contribution in [0.2, 0.25) is 0 Å². The van der Waals surface area contributed by atoms with Crippen LogP contribution in [0.5, 0.6) is 23.0 Å². The molecule has 0 saturated heterocycles. The van der Waals surface area contributed by atoms with Gasteiger partial charge in [0.2, 0.25) is 0 Å². The zero-order chi connectivity index (χ0) is 89.3. The van der Waals surface area contributed by atoms with Crippen molar-refractivity contribution in [2.45, 2.75) is 0 Å². The molecule has 0 fully saturated rings. The third-order valence-corrected chi connectivity index (χ3v) is 28.2. The Bertz CT molecular complexity index is 9410. The maximum Gasteiger partial charge on any atom is 0.525 e. The van der Waals surface area contributed by atoms with Crippen molar-refractivity contribution < 1.29 is 36.3 Å². The maximum atomic E-state index is 6.76. The predicted molar refractivity (Wildman–Crippen MR) is 551 cm³/mol. The van der Waals surface area contributed by atoms with Crippen LogP contribution in [0.1, 0.15) is 0 Å². The molecule has 17 heterocycles. The van der Waals surface area contributed by atoms with Crippen molar-refractivity contribution in [3.8, 4) is 96.0 Å². The number of furan rings is 4. The summed E-state index contributed by atoms with van der Waals surface area (Å²) in [6, 6.07) is 132. The highest BCUT2D eigenvalue weighted by atomic mass is 16.5. The number of hydrogen-bond acceptors (Lipinski definition) is 16. The van der Waals surface area contributed by atoms with E-state index < -0.39 is 0 Å². The second kappa shape index (κ2) is 29.1. The van der Waals surface area contributed by atoms with Gasteiger partial charge in [0.05, 0.1) is 79.3 Å². The third kappa shape index (κ3) is 11.1. The number of hydrogen-bond donors (Lipinski definition) is 0. The van der Waals surface area contributed by atoms with Crippen LogP contribution < -0.4 is 59.7 Å². The van der Waals surface area contributed by atoms with Gasteiger partial charge >= 0.3 is 28.2 Å². The molecule has 636 valence electrons. The van der Waals surface area contributed by atoms with Gasteiger partial charge < -0.3 is 60.1 Å². The molecule has 0 aliphatic carbocycles. The van der Waals surface area contributed by atoms with E-state index in [2.05, 4.69) is 308 Å². The molecule has 137 heavy (non-hydrogen) atoms. The smallest absolute Gasteiger partial charge is 0.525 e. The summed E-state index contributed by atoms with van der Waals surface area (Å²) in [5.74, 6) is 3.39. The van der Waals surface area contributed by atoms with Crippen molar-refractivity contribution in [3.05, 3.63) is 407 Å². The third-order valence-electron chi connectivity index (χ3n) is 28.2. The minimum Gasteiger partial charge on any atom is -0.536 e. The van der Waals surface area contributed by atoms with E-state index in [1.807, 2.05) is 128 Å². The molecule has 8 aliphatic heterocycles. The monoisotopic (exact) mass is 1760 g/mol. The molecule has 25 aromatic rings. The van der Waals surface area contributed by atoms with Crippen LogP contribution >= 0.6 is 0 Å². The molecule has 0 radical (unpaired) electrons. The van der Waals surface area contributed by atoms with Gasteiger partial charge in [0.1, 0.15) is 67.7 Å². The summed E-state index contributed by atoms with van der Waals surface area (Å²) in [4.78, 5) is 28.1. The van der Waals surface area contributed by atoms with Crippen LogP contribution in [0.15, 0.2) is 425 Å². The van der Waals surface area contributed by atoms with Gasteiger partial charge in [-0.25, -0.2) is 0 Å². The fourth-order valence-corrected chi connectivity index (χ4v) is 22.3. The van der Waals surface area contributed by atoms with Crippen molar-refractivity contribution in [3.63, 3.8) is 0 Å². The summed E-state index contributed by atoms with van der Waals surface area (Å²) >= 11 is 0. The van der Waals surface area contributed by atoms with Gasteiger partial charge in [-0.1, -0.05) is 243 Å². The number of para-hydroxylation sites is 9. The maximum absolute atomic E-state index is 6.76. The lowest BCUT2D eigenvalue weighted by Crippen LogP contribution is -2.50. The van der Waals surface area contributed by atoms with E-state index in [-0.39, 0.29) is 28.2 Å². The molecular weight excluding hydrogens is 1690 g/mol. The predicted octanol–water partition coefficient (Wildman–Crippen LogP) is 26.0. The Labute approximate surface area is 783 Å². The van der Waals surface area contributed by atoms with E-state index in [4.69, 9.17) is 51.2 Å². The molecule has 0 amide bonds. The zero-order valence-electron chi connectivity index (χ0n) is 72.8. The number of fused-ring (bicyclic) bond motifs is 47. The molecule has 33 rings (SSSR count). The van der Waals surface area contributed by atoms with E-state index in [1.165, 1.54) is 21.8 Å². The fourth-order valence-electron chi connectivity index (χ4n) is 22.3. The fraction of sp³-hybridized carbons (Fsp3) is 0. The molecule has 0 unspecified atom stereocenters. The van der Waals surface area contributed by atoms with Crippen molar-refractivity contribution in [1.29, 1.82) is 0 Å². The molecule has 17 nitrogen and oxygen atoms in total. The Hall–Kier alpha value is -18.2.